The minimum atomic E-state index is -0.246. The summed E-state index contributed by atoms with van der Waals surface area (Å²) < 4.78 is 10.0. The minimum absolute atomic E-state index is 0. The van der Waals surface area contributed by atoms with E-state index >= 15 is 0 Å². The van der Waals surface area contributed by atoms with Crippen LogP contribution < -0.4 is 10.1 Å². The van der Waals surface area contributed by atoms with Crippen LogP contribution in [-0.2, 0) is 22.5 Å². The van der Waals surface area contributed by atoms with Gasteiger partial charge in [0.25, 0.3) is 0 Å². The number of rotatable bonds is 2. The summed E-state index contributed by atoms with van der Waals surface area (Å²) in [5, 5.41) is 3.15. The first-order chi connectivity index (χ1) is 7.76. The fourth-order valence-corrected chi connectivity index (χ4v) is 2.02. The van der Waals surface area contributed by atoms with Gasteiger partial charge in [0.05, 0.1) is 14.2 Å². The Bertz CT molecular complexity index is 409. The van der Waals surface area contributed by atoms with E-state index in [9.17, 15) is 4.79 Å². The highest BCUT2D eigenvalue weighted by Crippen LogP contribution is 2.26. The van der Waals surface area contributed by atoms with Gasteiger partial charge in [-0.2, -0.15) is 0 Å². The predicted molar refractivity (Wildman–Crippen MR) is 66.6 cm³/mol. The third kappa shape index (κ3) is 2.70. The number of methoxy groups -OCH3 is 2. The lowest BCUT2D eigenvalue weighted by atomic mass is 9.95. The number of halogens is 1. The lowest BCUT2D eigenvalue weighted by molar-refractivity contribution is -0.143. The van der Waals surface area contributed by atoms with E-state index < -0.39 is 0 Å². The van der Waals surface area contributed by atoms with Gasteiger partial charge >= 0.3 is 5.97 Å². The highest BCUT2D eigenvalue weighted by atomic mass is 35.5. The topological polar surface area (TPSA) is 47.6 Å². The smallest absolute Gasteiger partial charge is 0.323 e. The second-order valence-corrected chi connectivity index (χ2v) is 3.76. The van der Waals surface area contributed by atoms with Gasteiger partial charge in [-0.15, -0.1) is 12.4 Å². The molecule has 1 heterocycles. The molecule has 0 saturated carbocycles. The molecule has 1 aliphatic heterocycles. The Hall–Kier alpha value is -1.26. The zero-order chi connectivity index (χ0) is 11.5. The number of benzene rings is 1. The van der Waals surface area contributed by atoms with Gasteiger partial charge in [0.15, 0.2) is 0 Å². The number of hydrogen-bond donors (Lipinski definition) is 1. The molecule has 0 fully saturated rings. The van der Waals surface area contributed by atoms with Crippen LogP contribution in [0, 0.1) is 0 Å². The van der Waals surface area contributed by atoms with Crippen molar-refractivity contribution in [1.29, 1.82) is 0 Å². The van der Waals surface area contributed by atoms with E-state index in [0.717, 1.165) is 16.9 Å². The molecule has 1 aromatic rings. The molecular formula is C12H16ClNO3. The molecule has 1 atom stereocenters. The Kier molecular flexibility index (Phi) is 4.78. The number of esters is 1. The first-order valence-corrected chi connectivity index (χ1v) is 5.22. The molecule has 4 nitrogen and oxygen atoms in total. The molecule has 0 aliphatic carbocycles. The Morgan fingerprint density at radius 1 is 1.41 bits per heavy atom. The van der Waals surface area contributed by atoms with Gasteiger partial charge in [-0.05, 0) is 18.1 Å². The van der Waals surface area contributed by atoms with E-state index in [4.69, 9.17) is 9.47 Å². The summed E-state index contributed by atoms with van der Waals surface area (Å²) in [7, 11) is 3.06. The SMILES string of the molecule is COC(=O)C1Cc2cccc(OC)c2CN1.Cl. The van der Waals surface area contributed by atoms with Gasteiger partial charge in [0.1, 0.15) is 11.8 Å². The molecule has 2 rings (SSSR count). The summed E-state index contributed by atoms with van der Waals surface area (Å²) in [6, 6.07) is 5.65. The summed E-state index contributed by atoms with van der Waals surface area (Å²) in [6.07, 6.45) is 0.652. The van der Waals surface area contributed by atoms with E-state index in [1.165, 1.54) is 7.11 Å². The lowest BCUT2D eigenvalue weighted by Crippen LogP contribution is -2.42. The number of ether oxygens (including phenoxy) is 2. The molecule has 94 valence electrons. The summed E-state index contributed by atoms with van der Waals surface area (Å²) in [5.74, 6) is 0.654. The largest absolute Gasteiger partial charge is 0.496 e. The fraction of sp³-hybridized carbons (Fsp3) is 0.417. The van der Waals surface area contributed by atoms with Crippen molar-refractivity contribution in [2.45, 2.75) is 19.0 Å². The molecule has 5 heteroatoms. The third-order valence-corrected chi connectivity index (χ3v) is 2.88. The summed E-state index contributed by atoms with van der Waals surface area (Å²) >= 11 is 0. The normalized spacial score (nSPS) is 17.6. The Morgan fingerprint density at radius 3 is 2.82 bits per heavy atom. The molecule has 0 aromatic heterocycles. The van der Waals surface area contributed by atoms with E-state index in [-0.39, 0.29) is 24.4 Å². The molecule has 1 aromatic carbocycles. The summed E-state index contributed by atoms with van der Waals surface area (Å²) in [4.78, 5) is 11.4. The maximum atomic E-state index is 11.4. The first kappa shape index (κ1) is 13.8. The van der Waals surface area contributed by atoms with Crippen molar-refractivity contribution in [2.75, 3.05) is 14.2 Å². The minimum Gasteiger partial charge on any atom is -0.496 e. The van der Waals surface area contributed by atoms with Crippen LogP contribution in [0.3, 0.4) is 0 Å². The zero-order valence-electron chi connectivity index (χ0n) is 9.86. The van der Waals surface area contributed by atoms with Crippen molar-refractivity contribution in [3.63, 3.8) is 0 Å². The van der Waals surface area contributed by atoms with Crippen LogP contribution >= 0.6 is 12.4 Å². The second-order valence-electron chi connectivity index (χ2n) is 3.76. The highest BCUT2D eigenvalue weighted by molar-refractivity contribution is 5.85. The summed E-state index contributed by atoms with van der Waals surface area (Å²) in [6.45, 7) is 0.638. The maximum Gasteiger partial charge on any atom is 0.323 e. The average molecular weight is 258 g/mol. The van der Waals surface area contributed by atoms with Crippen molar-refractivity contribution in [3.8, 4) is 5.75 Å². The number of hydrogen-bond acceptors (Lipinski definition) is 4. The fourth-order valence-electron chi connectivity index (χ4n) is 2.02. The Labute approximate surface area is 107 Å². The zero-order valence-corrected chi connectivity index (χ0v) is 10.7. The van der Waals surface area contributed by atoms with Crippen LogP contribution in [-0.4, -0.2) is 26.2 Å². The van der Waals surface area contributed by atoms with Crippen LogP contribution in [0.15, 0.2) is 18.2 Å². The standard InChI is InChI=1S/C12H15NO3.ClH/c1-15-11-5-3-4-8-6-10(12(14)16-2)13-7-9(8)11;/h3-5,10,13H,6-7H2,1-2H3;1H. The Morgan fingerprint density at radius 2 is 2.18 bits per heavy atom. The first-order valence-electron chi connectivity index (χ1n) is 5.22. The van der Waals surface area contributed by atoms with Crippen molar-refractivity contribution in [3.05, 3.63) is 29.3 Å². The monoisotopic (exact) mass is 257 g/mol. The van der Waals surface area contributed by atoms with Crippen LogP contribution in [0.4, 0.5) is 0 Å². The van der Waals surface area contributed by atoms with Gasteiger partial charge in [0, 0.05) is 12.1 Å². The molecule has 0 spiro atoms. The predicted octanol–water partition coefficient (Wildman–Crippen LogP) is 1.30. The molecule has 0 radical (unpaired) electrons. The molecule has 17 heavy (non-hydrogen) atoms. The van der Waals surface area contributed by atoms with Crippen molar-refractivity contribution in [2.24, 2.45) is 0 Å². The van der Waals surface area contributed by atoms with E-state index in [2.05, 4.69) is 5.32 Å². The van der Waals surface area contributed by atoms with Crippen LogP contribution in [0.1, 0.15) is 11.1 Å². The summed E-state index contributed by atoms with van der Waals surface area (Å²) in [5.41, 5.74) is 2.28. The molecule has 0 amide bonds. The quantitative estimate of drug-likeness (QED) is 0.812. The van der Waals surface area contributed by atoms with E-state index in [1.807, 2.05) is 18.2 Å². The number of carbonyl (C=O) groups is 1. The molecule has 1 unspecified atom stereocenters. The van der Waals surface area contributed by atoms with Crippen LogP contribution in [0.2, 0.25) is 0 Å². The van der Waals surface area contributed by atoms with Crippen molar-refractivity contribution >= 4 is 18.4 Å². The van der Waals surface area contributed by atoms with Crippen LogP contribution in [0.5, 0.6) is 5.75 Å². The van der Waals surface area contributed by atoms with Gasteiger partial charge in [0.2, 0.25) is 0 Å². The lowest BCUT2D eigenvalue weighted by Gasteiger charge is -2.25. The number of nitrogens with one attached hydrogen (secondary N) is 1. The van der Waals surface area contributed by atoms with Gasteiger partial charge in [-0.1, -0.05) is 12.1 Å². The van der Waals surface area contributed by atoms with Crippen LogP contribution in [0.25, 0.3) is 0 Å². The van der Waals surface area contributed by atoms with Crippen molar-refractivity contribution in [1.82, 2.24) is 5.32 Å². The molecule has 0 saturated heterocycles. The average Bonchev–Trinajstić information content (AvgIpc) is 2.36. The Balaban J connectivity index is 0.00000144. The molecule has 1 N–H and O–H groups in total. The maximum absolute atomic E-state index is 11.4. The molecule has 0 bridgehead atoms. The van der Waals surface area contributed by atoms with E-state index in [0.29, 0.717) is 13.0 Å². The number of fused-ring (bicyclic) bond motifs is 1. The second kappa shape index (κ2) is 5.89. The highest BCUT2D eigenvalue weighted by Gasteiger charge is 2.26. The number of carbonyl (C=O) groups excluding carboxylic acids is 1. The molecule has 1 aliphatic rings. The third-order valence-electron chi connectivity index (χ3n) is 2.88. The van der Waals surface area contributed by atoms with Crippen molar-refractivity contribution < 1.29 is 14.3 Å². The van der Waals surface area contributed by atoms with Gasteiger partial charge in [-0.3, -0.25) is 10.1 Å². The van der Waals surface area contributed by atoms with Gasteiger partial charge < -0.3 is 9.47 Å². The van der Waals surface area contributed by atoms with Gasteiger partial charge in [-0.25, -0.2) is 0 Å². The van der Waals surface area contributed by atoms with E-state index in [1.54, 1.807) is 7.11 Å². The molecular weight excluding hydrogens is 242 g/mol.